The Bertz CT molecular complexity index is 6000. The first-order chi connectivity index (χ1) is 59.9. The van der Waals surface area contributed by atoms with E-state index in [2.05, 4.69) is 15.5 Å². The van der Waals surface area contributed by atoms with Crippen LogP contribution in [-0.2, 0) is 62.3 Å². The van der Waals surface area contributed by atoms with Crippen LogP contribution >= 0.6 is 104 Å². The lowest BCUT2D eigenvalue weighted by Gasteiger charge is -2.11. The quantitative estimate of drug-likeness (QED) is 0.0411. The zero-order valence-electron chi connectivity index (χ0n) is 68.0. The van der Waals surface area contributed by atoms with Crippen LogP contribution < -0.4 is 14.2 Å². The predicted octanol–water partition coefficient (Wildman–Crippen LogP) is 24.8. The third-order valence-corrected chi connectivity index (χ3v) is 30.0. The molecule has 648 valence electrons. The molecule has 6 fully saturated rings. The summed E-state index contributed by atoms with van der Waals surface area (Å²) >= 11 is 59.1. The highest BCUT2D eigenvalue weighted by atomic mass is 35.5. The number of aromatic nitrogens is 3. The molecule has 19 nitrogen and oxygen atoms in total. The van der Waals surface area contributed by atoms with Crippen molar-refractivity contribution in [3.63, 3.8) is 0 Å². The van der Waals surface area contributed by atoms with Crippen LogP contribution in [0.15, 0.2) is 196 Å². The zero-order chi connectivity index (χ0) is 88.0. The van der Waals surface area contributed by atoms with Gasteiger partial charge in [-0.25, -0.2) is 30.2 Å². The molecule has 30 heteroatoms. The summed E-state index contributed by atoms with van der Waals surface area (Å²) < 4.78 is 85.9. The Morgan fingerprint density at radius 3 is 0.896 bits per heavy atom. The largest absolute Gasteiger partial charge is 0.489 e. The number of carbonyl (C=O) groups is 3. The molecular weight excluding hydrogens is 1820 g/mol. The monoisotopic (exact) mass is 1900 g/mol. The number of aromatic carboxylic acids is 1. The Morgan fingerprint density at radius 1 is 0.376 bits per heavy atom. The number of carboxylic acid groups (broad SMARTS) is 1. The summed E-state index contributed by atoms with van der Waals surface area (Å²) in [5.74, 6) is 4.60. The van der Waals surface area contributed by atoms with E-state index in [1.807, 2.05) is 115 Å². The number of carboxylic acids is 1. The summed E-state index contributed by atoms with van der Waals surface area (Å²) in [6.45, 7) is 0.734. The average Bonchev–Trinajstić information content (AvgIpc) is 1.65. The molecule has 12 aromatic rings. The first-order valence-corrected chi connectivity index (χ1v) is 47.5. The molecule has 6 saturated carbocycles. The molecule has 125 heavy (non-hydrogen) atoms. The van der Waals surface area contributed by atoms with E-state index in [4.69, 9.17) is 137 Å². The molecule has 6 aliphatic carbocycles. The van der Waals surface area contributed by atoms with Crippen molar-refractivity contribution in [1.29, 1.82) is 0 Å². The Balaban J connectivity index is 0.000000139. The van der Waals surface area contributed by atoms with Gasteiger partial charge in [0, 0.05) is 90.5 Å². The maximum absolute atomic E-state index is 12.3. The van der Waals surface area contributed by atoms with Gasteiger partial charge in [-0.1, -0.05) is 217 Å². The Kier molecular flexibility index (Phi) is 27.2. The fourth-order valence-electron chi connectivity index (χ4n) is 15.9. The van der Waals surface area contributed by atoms with Crippen LogP contribution in [-0.4, -0.2) is 103 Å². The smallest absolute Gasteiger partial charge is 0.335 e. The van der Waals surface area contributed by atoms with E-state index in [0.29, 0.717) is 138 Å². The number of Topliss-reactive ketones (excluding diaryl/α,β-unsaturated/α-hetero) is 2. The number of rotatable bonds is 32. The minimum Gasteiger partial charge on any atom is -0.489 e. The molecule has 9 aromatic carbocycles. The SMILES string of the molecule is CN(C)S(=O)(=O)CC(=O)Cc1ccc([C@@H]2C[C@H]2c2ccc(OCc3c(-c4c(Cl)cccc4Cl)noc3C3CC3)cc2Cl)cc1.CN(C)S(=O)(=O)CC(=O)Cc1ccc([C@@H]2C[C@H]2c2ccc(OCc3c(-c4c(Cl)cccc4Cl)noc3C3CC3)cc2Cl)cc1.O=C(O)c1ccc([C@@H]2C[C@H]2c2ccc(OCc3c(-c4c(Cl)cccc4Cl)noc3C3CC3)cc2Cl)cc1. The van der Waals surface area contributed by atoms with Crippen molar-refractivity contribution >= 4 is 142 Å². The molecule has 1 N–H and O–H groups in total. The number of halogens is 9. The second-order valence-corrected chi connectivity index (χ2v) is 40.9. The standard InChI is InChI=1S/2C33H31Cl3N2O5S.C29H22Cl3NO4/c2*1-38(2)44(40,41)18-22(39)14-19-6-8-20(9-7-19)25-16-26(25)24-13-12-23(15-30(24)36)42-17-27-32(37-43-33(27)21-10-11-21)31-28(34)4-3-5-29(31)35;30-23-2-1-3-24(31)26(23)27-22(28(37-33-27)16-6-7-16)14-36-18-10-11-19(25(32)12-18)21-13-20(21)15-4-8-17(9-5-15)29(34)35/h2*3-9,12-13,15,21,25-26H,10-11,14,16-18H2,1-2H3;1-5,8-12,16,20-21H,6-7,13-14H2,(H,34,35)/t2*25-,26-;20-,21-/m000/s1. The van der Waals surface area contributed by atoms with Gasteiger partial charge in [0.1, 0.15) is 82.9 Å². The van der Waals surface area contributed by atoms with Crippen molar-refractivity contribution in [2.24, 2.45) is 0 Å². The minimum absolute atomic E-state index is 0.0820. The number of sulfonamides is 2. The highest BCUT2D eigenvalue weighted by molar-refractivity contribution is 7.90. The molecular formula is C95H84Cl9N5O14S2. The third-order valence-electron chi connectivity index (χ3n) is 23.5. The fraction of sp³-hybridized carbons (Fsp3) is 0.305. The maximum Gasteiger partial charge on any atom is 0.335 e. The van der Waals surface area contributed by atoms with Gasteiger partial charge in [-0.2, -0.15) is 0 Å². The summed E-state index contributed by atoms with van der Waals surface area (Å²) in [5.41, 5.74) is 14.8. The van der Waals surface area contributed by atoms with Crippen molar-refractivity contribution in [1.82, 2.24) is 24.1 Å². The topological polar surface area (TPSA) is 252 Å². The summed E-state index contributed by atoms with van der Waals surface area (Å²) in [5, 5.41) is 27.0. The Labute approximate surface area is 769 Å². The van der Waals surface area contributed by atoms with Gasteiger partial charge in [0.2, 0.25) is 20.0 Å². The first-order valence-electron chi connectivity index (χ1n) is 40.8. The highest BCUT2D eigenvalue weighted by Gasteiger charge is 2.44. The molecule has 0 aliphatic heterocycles. The molecule has 6 atom stereocenters. The van der Waals surface area contributed by atoms with Crippen LogP contribution in [0.5, 0.6) is 17.2 Å². The summed E-state index contributed by atoms with van der Waals surface area (Å²) in [6.07, 6.45) is 9.36. The normalized spacial score (nSPS) is 18.2. The summed E-state index contributed by atoms with van der Waals surface area (Å²) in [7, 11) is -1.43. The van der Waals surface area contributed by atoms with Crippen molar-refractivity contribution in [2.75, 3.05) is 39.7 Å². The van der Waals surface area contributed by atoms with Crippen LogP contribution in [0.1, 0.15) is 200 Å². The van der Waals surface area contributed by atoms with Gasteiger partial charge in [-0.05, 0) is 223 Å². The van der Waals surface area contributed by atoms with E-state index in [1.165, 1.54) is 28.2 Å². The molecule has 0 radical (unpaired) electrons. The Morgan fingerprint density at radius 2 is 0.648 bits per heavy atom. The molecule has 0 unspecified atom stereocenters. The van der Waals surface area contributed by atoms with Crippen LogP contribution in [0.25, 0.3) is 33.8 Å². The molecule has 0 bridgehead atoms. The number of ether oxygens (including phenoxy) is 3. The number of carbonyl (C=O) groups excluding carboxylic acids is 2. The molecule has 6 aliphatic rings. The summed E-state index contributed by atoms with van der Waals surface area (Å²) in [4.78, 5) is 35.7. The average molecular weight is 1900 g/mol. The molecule has 0 spiro atoms. The van der Waals surface area contributed by atoms with Gasteiger partial charge in [-0.15, -0.1) is 0 Å². The molecule has 18 rings (SSSR count). The van der Waals surface area contributed by atoms with Gasteiger partial charge >= 0.3 is 5.97 Å². The third kappa shape index (κ3) is 21.0. The number of hydrogen-bond acceptors (Lipinski definition) is 16. The predicted molar refractivity (Wildman–Crippen MR) is 488 cm³/mol. The van der Waals surface area contributed by atoms with E-state index >= 15 is 0 Å². The lowest BCUT2D eigenvalue weighted by atomic mass is 10.0. The molecule has 0 saturated heterocycles. The van der Waals surface area contributed by atoms with Gasteiger partial charge < -0.3 is 32.9 Å². The molecule has 3 aromatic heterocycles. The van der Waals surface area contributed by atoms with E-state index in [9.17, 15) is 31.2 Å². The van der Waals surface area contributed by atoms with E-state index < -0.39 is 37.5 Å². The van der Waals surface area contributed by atoms with E-state index in [1.54, 1.807) is 66.7 Å². The second kappa shape index (κ2) is 37.9. The van der Waals surface area contributed by atoms with Crippen molar-refractivity contribution < 1.29 is 64.1 Å². The zero-order valence-corrected chi connectivity index (χ0v) is 76.5. The van der Waals surface area contributed by atoms with Gasteiger partial charge in [0.05, 0.1) is 52.4 Å². The molecule has 3 heterocycles. The van der Waals surface area contributed by atoms with Crippen LogP contribution in [0.2, 0.25) is 45.2 Å². The van der Waals surface area contributed by atoms with Crippen molar-refractivity contribution in [3.8, 4) is 51.0 Å². The van der Waals surface area contributed by atoms with Gasteiger partial charge in [0.25, 0.3) is 0 Å². The first kappa shape index (κ1) is 89.6. The van der Waals surface area contributed by atoms with Crippen LogP contribution in [0, 0.1) is 0 Å². The van der Waals surface area contributed by atoms with E-state index in [0.717, 1.165) is 145 Å². The van der Waals surface area contributed by atoms with Crippen LogP contribution in [0.3, 0.4) is 0 Å². The van der Waals surface area contributed by atoms with Gasteiger partial charge in [-0.3, -0.25) is 9.59 Å². The van der Waals surface area contributed by atoms with Crippen molar-refractivity contribution in [2.45, 2.75) is 144 Å². The summed E-state index contributed by atoms with van der Waals surface area (Å²) in [6, 6.07) is 56.1. The number of hydrogen-bond donors (Lipinski definition) is 1. The lowest BCUT2D eigenvalue weighted by molar-refractivity contribution is -0.117. The van der Waals surface area contributed by atoms with Crippen molar-refractivity contribution in [3.05, 3.63) is 311 Å². The van der Waals surface area contributed by atoms with E-state index in [-0.39, 0.29) is 61.6 Å². The number of benzene rings is 9. The minimum atomic E-state index is -3.56. The number of nitrogens with zero attached hydrogens (tertiary/aromatic N) is 5. The van der Waals surface area contributed by atoms with Crippen LogP contribution in [0.4, 0.5) is 0 Å². The lowest BCUT2D eigenvalue weighted by Crippen LogP contribution is -2.29. The Hall–Kier alpha value is -8.75. The number of ketones is 2. The second-order valence-electron chi connectivity index (χ2n) is 32.9. The van der Waals surface area contributed by atoms with Gasteiger partial charge in [0.15, 0.2) is 11.6 Å². The highest BCUT2D eigenvalue weighted by Crippen LogP contribution is 2.60. The molecule has 0 amide bonds. The maximum atomic E-state index is 12.3. The fourth-order valence-corrected chi connectivity index (χ4v) is 20.1.